The van der Waals surface area contributed by atoms with E-state index in [2.05, 4.69) is 20.7 Å². The monoisotopic (exact) mass is 271 g/mol. The second-order valence-electron chi connectivity index (χ2n) is 3.53. The Bertz CT molecular complexity index is 557. The van der Waals surface area contributed by atoms with E-state index in [1.807, 2.05) is 12.3 Å². The molecule has 0 bridgehead atoms. The molecule has 2 aromatic heterocycles. The molecule has 2 aromatic rings. The summed E-state index contributed by atoms with van der Waals surface area (Å²) in [7, 11) is 0. The van der Waals surface area contributed by atoms with Gasteiger partial charge in [-0.05, 0) is 6.92 Å². The van der Waals surface area contributed by atoms with Crippen LogP contribution in [0.2, 0.25) is 0 Å². The first kappa shape index (κ1) is 12.7. The molecule has 2 heterocycles. The Hall–Kier alpha value is -1.80. The topological polar surface area (TPSA) is 75.9 Å². The lowest BCUT2D eigenvalue weighted by molar-refractivity contribution is 0.578. The van der Waals surface area contributed by atoms with Gasteiger partial charge in [0, 0.05) is 17.1 Å². The maximum absolute atomic E-state index is 13.4. The number of nitrogens with one attached hydrogen (secondary N) is 2. The molecule has 0 amide bonds. The Kier molecular flexibility index (Phi) is 3.68. The number of aryl methyl sites for hydroxylation is 1. The number of rotatable bonds is 4. The summed E-state index contributed by atoms with van der Waals surface area (Å²) in [4.78, 5) is 7.90. The second kappa shape index (κ2) is 5.23. The Balaban J connectivity index is 2.13. The Morgan fingerprint density at radius 2 is 2.00 bits per heavy atom. The van der Waals surface area contributed by atoms with Crippen LogP contribution >= 0.6 is 11.3 Å². The van der Waals surface area contributed by atoms with Crippen LogP contribution in [0.1, 0.15) is 10.7 Å². The predicted molar refractivity (Wildman–Crippen MR) is 66.1 cm³/mol. The first-order valence-corrected chi connectivity index (χ1v) is 5.95. The Morgan fingerprint density at radius 3 is 2.61 bits per heavy atom. The third-order valence-electron chi connectivity index (χ3n) is 2.14. The third kappa shape index (κ3) is 2.71. The van der Waals surface area contributed by atoms with Crippen LogP contribution in [0, 0.1) is 18.6 Å². The summed E-state index contributed by atoms with van der Waals surface area (Å²) in [6.07, 6.45) is 0. The minimum atomic E-state index is -0.842. The molecule has 0 aromatic carbocycles. The van der Waals surface area contributed by atoms with Crippen molar-refractivity contribution in [3.63, 3.8) is 0 Å². The Labute approximate surface area is 106 Å². The molecule has 96 valence electrons. The first-order valence-electron chi connectivity index (χ1n) is 5.07. The van der Waals surface area contributed by atoms with E-state index < -0.39 is 11.6 Å². The highest BCUT2D eigenvalue weighted by atomic mass is 32.1. The average Bonchev–Trinajstić information content (AvgIpc) is 2.74. The van der Waals surface area contributed by atoms with Gasteiger partial charge in [-0.1, -0.05) is 0 Å². The molecule has 0 saturated carbocycles. The van der Waals surface area contributed by atoms with E-state index in [9.17, 15) is 8.78 Å². The summed E-state index contributed by atoms with van der Waals surface area (Å²) in [5, 5.41) is 5.42. The van der Waals surface area contributed by atoms with E-state index in [-0.39, 0.29) is 11.6 Å². The highest BCUT2D eigenvalue weighted by molar-refractivity contribution is 7.09. The van der Waals surface area contributed by atoms with Crippen LogP contribution < -0.4 is 16.6 Å². The van der Waals surface area contributed by atoms with Gasteiger partial charge >= 0.3 is 0 Å². The minimum Gasteiger partial charge on any atom is -0.361 e. The number of aromatic nitrogens is 2. The molecule has 2 rings (SSSR count). The summed E-state index contributed by atoms with van der Waals surface area (Å²) in [6, 6.07) is 0.720. The molecule has 0 spiro atoms. The fourth-order valence-corrected chi connectivity index (χ4v) is 2.05. The molecule has 8 heteroatoms. The number of pyridine rings is 1. The van der Waals surface area contributed by atoms with Gasteiger partial charge in [0.05, 0.1) is 6.54 Å². The highest BCUT2D eigenvalue weighted by Gasteiger charge is 2.11. The molecule has 0 fully saturated rings. The standard InChI is InChI=1S/C10H11F2N5S/c1-5-4-18-8(15-5)3-14-9-6(11)2-7(12)10(16-9)17-13/h2,4H,3,13H2,1H3,(H2,14,16,17). The zero-order valence-electron chi connectivity index (χ0n) is 9.50. The van der Waals surface area contributed by atoms with Gasteiger partial charge in [-0.2, -0.15) is 0 Å². The molecular formula is C10H11F2N5S. The van der Waals surface area contributed by atoms with E-state index in [0.717, 1.165) is 16.8 Å². The van der Waals surface area contributed by atoms with Gasteiger partial charge in [0.25, 0.3) is 0 Å². The third-order valence-corrected chi connectivity index (χ3v) is 3.11. The number of anilines is 2. The van der Waals surface area contributed by atoms with Gasteiger partial charge in [-0.3, -0.25) is 0 Å². The second-order valence-corrected chi connectivity index (χ2v) is 4.47. The SMILES string of the molecule is Cc1csc(CNc2nc(NN)c(F)cc2F)n1. The van der Waals surface area contributed by atoms with Crippen LogP contribution in [0.3, 0.4) is 0 Å². The normalized spacial score (nSPS) is 10.4. The van der Waals surface area contributed by atoms with Crippen LogP contribution in [0.25, 0.3) is 0 Å². The summed E-state index contributed by atoms with van der Waals surface area (Å²) in [6.45, 7) is 2.19. The lowest BCUT2D eigenvalue weighted by Gasteiger charge is -2.08. The molecule has 0 saturated heterocycles. The molecule has 4 N–H and O–H groups in total. The number of nitrogen functional groups attached to an aromatic ring is 1. The smallest absolute Gasteiger partial charge is 0.178 e. The number of hydrogen-bond acceptors (Lipinski definition) is 6. The summed E-state index contributed by atoms with van der Waals surface area (Å²) in [5.41, 5.74) is 2.96. The van der Waals surface area contributed by atoms with E-state index in [4.69, 9.17) is 5.84 Å². The van der Waals surface area contributed by atoms with Gasteiger partial charge < -0.3 is 10.7 Å². The number of nitrogens with zero attached hydrogens (tertiary/aromatic N) is 2. The number of hydrogen-bond donors (Lipinski definition) is 3. The van der Waals surface area contributed by atoms with E-state index in [1.54, 1.807) is 0 Å². The van der Waals surface area contributed by atoms with Crippen molar-refractivity contribution in [3.05, 3.63) is 33.8 Å². The lowest BCUT2D eigenvalue weighted by Crippen LogP contribution is -2.13. The van der Waals surface area contributed by atoms with Crippen LogP contribution in [0.5, 0.6) is 0 Å². The van der Waals surface area contributed by atoms with Crippen molar-refractivity contribution < 1.29 is 8.78 Å². The molecule has 0 aliphatic heterocycles. The zero-order valence-corrected chi connectivity index (χ0v) is 10.3. The highest BCUT2D eigenvalue weighted by Crippen LogP contribution is 2.19. The van der Waals surface area contributed by atoms with Gasteiger partial charge in [-0.25, -0.2) is 24.6 Å². The number of nitrogens with two attached hydrogens (primary N) is 1. The van der Waals surface area contributed by atoms with Crippen molar-refractivity contribution in [1.82, 2.24) is 9.97 Å². The van der Waals surface area contributed by atoms with Gasteiger partial charge in [0.2, 0.25) is 0 Å². The maximum Gasteiger partial charge on any atom is 0.178 e. The van der Waals surface area contributed by atoms with E-state index in [1.165, 1.54) is 11.3 Å². The fraction of sp³-hybridized carbons (Fsp3) is 0.200. The largest absolute Gasteiger partial charge is 0.361 e. The predicted octanol–water partition coefficient (Wildman–Crippen LogP) is 2.02. The van der Waals surface area contributed by atoms with Gasteiger partial charge in [-0.15, -0.1) is 11.3 Å². The fourth-order valence-electron chi connectivity index (χ4n) is 1.34. The number of halogens is 2. The van der Waals surface area contributed by atoms with E-state index in [0.29, 0.717) is 6.54 Å². The summed E-state index contributed by atoms with van der Waals surface area (Å²) < 4.78 is 26.5. The van der Waals surface area contributed by atoms with Crippen molar-refractivity contribution in [2.75, 3.05) is 10.7 Å². The van der Waals surface area contributed by atoms with Crippen molar-refractivity contribution in [2.45, 2.75) is 13.5 Å². The van der Waals surface area contributed by atoms with Crippen molar-refractivity contribution in [3.8, 4) is 0 Å². The molecule has 0 aliphatic rings. The average molecular weight is 271 g/mol. The number of hydrazine groups is 1. The lowest BCUT2D eigenvalue weighted by atomic mass is 10.4. The van der Waals surface area contributed by atoms with Crippen LogP contribution in [-0.2, 0) is 6.54 Å². The summed E-state index contributed by atoms with van der Waals surface area (Å²) in [5.74, 6) is 3.16. The first-order chi connectivity index (χ1) is 8.60. The van der Waals surface area contributed by atoms with Crippen LogP contribution in [0.4, 0.5) is 20.4 Å². The summed E-state index contributed by atoms with van der Waals surface area (Å²) >= 11 is 1.45. The molecular weight excluding hydrogens is 260 g/mol. The molecule has 0 unspecified atom stereocenters. The van der Waals surface area contributed by atoms with E-state index >= 15 is 0 Å². The quantitative estimate of drug-likeness (QED) is 0.586. The van der Waals surface area contributed by atoms with Crippen molar-refractivity contribution >= 4 is 23.0 Å². The zero-order chi connectivity index (χ0) is 13.1. The molecule has 0 radical (unpaired) electrons. The van der Waals surface area contributed by atoms with Gasteiger partial charge in [0.15, 0.2) is 23.3 Å². The molecule has 0 atom stereocenters. The van der Waals surface area contributed by atoms with Crippen LogP contribution in [0.15, 0.2) is 11.4 Å². The van der Waals surface area contributed by atoms with Crippen molar-refractivity contribution in [1.29, 1.82) is 0 Å². The number of thiazole rings is 1. The molecule has 5 nitrogen and oxygen atoms in total. The molecule has 18 heavy (non-hydrogen) atoms. The molecule has 0 aliphatic carbocycles. The maximum atomic E-state index is 13.4. The van der Waals surface area contributed by atoms with Gasteiger partial charge in [0.1, 0.15) is 5.01 Å². The van der Waals surface area contributed by atoms with Crippen LogP contribution in [-0.4, -0.2) is 9.97 Å². The minimum absolute atomic E-state index is 0.0720. The Morgan fingerprint density at radius 1 is 1.28 bits per heavy atom. The van der Waals surface area contributed by atoms with Crippen molar-refractivity contribution in [2.24, 2.45) is 5.84 Å².